The summed E-state index contributed by atoms with van der Waals surface area (Å²) in [6.07, 6.45) is 8.53. The van der Waals surface area contributed by atoms with E-state index in [1.54, 1.807) is 12.1 Å². The van der Waals surface area contributed by atoms with Crippen molar-refractivity contribution in [3.05, 3.63) is 35.9 Å². The van der Waals surface area contributed by atoms with Gasteiger partial charge in [-0.15, -0.1) is 0 Å². The van der Waals surface area contributed by atoms with Crippen molar-refractivity contribution in [1.29, 1.82) is 0 Å². The second-order valence-corrected chi connectivity index (χ2v) is 9.23. The first-order valence-electron chi connectivity index (χ1n) is 13.3. The highest BCUT2D eigenvalue weighted by Gasteiger charge is 2.19. The molecule has 0 spiro atoms. The van der Waals surface area contributed by atoms with Gasteiger partial charge in [-0.3, -0.25) is 4.79 Å². The van der Waals surface area contributed by atoms with Crippen molar-refractivity contribution in [3.8, 4) is 0 Å². The third-order valence-electron chi connectivity index (χ3n) is 6.42. The van der Waals surface area contributed by atoms with Crippen LogP contribution in [0.3, 0.4) is 0 Å². The lowest BCUT2D eigenvalue weighted by Gasteiger charge is -2.24. The van der Waals surface area contributed by atoms with Crippen molar-refractivity contribution in [2.45, 2.75) is 51.0 Å². The SMILES string of the molecule is O=C(NCCOCCOCCNc1nc(NC2CCCCC2)nc(N2CCCC2)n1)c1ccccc1. The van der Waals surface area contributed by atoms with Gasteiger partial charge in [0, 0.05) is 37.8 Å². The summed E-state index contributed by atoms with van der Waals surface area (Å²) < 4.78 is 11.2. The predicted molar refractivity (Wildman–Crippen MR) is 141 cm³/mol. The van der Waals surface area contributed by atoms with Gasteiger partial charge in [0.05, 0.1) is 26.4 Å². The molecule has 10 heteroatoms. The second-order valence-electron chi connectivity index (χ2n) is 9.23. The van der Waals surface area contributed by atoms with Crippen molar-refractivity contribution in [3.63, 3.8) is 0 Å². The van der Waals surface area contributed by atoms with Crippen LogP contribution in [-0.2, 0) is 9.47 Å². The monoisotopic (exact) mass is 497 g/mol. The fourth-order valence-electron chi connectivity index (χ4n) is 4.48. The number of benzene rings is 1. The Balaban J connectivity index is 1.12. The quantitative estimate of drug-likeness (QED) is 0.339. The number of rotatable bonds is 14. The standard InChI is InChI=1S/C26H39N7O3/c34-23(21-9-3-1-4-10-21)27-13-17-35-19-20-36-18-14-28-24-30-25(29-22-11-5-2-6-12-22)32-26(31-24)33-15-7-8-16-33/h1,3-4,9-10,22H,2,5-8,11-20H2,(H,27,34)(H2,28,29,30,31,32). The summed E-state index contributed by atoms with van der Waals surface area (Å²) in [5.74, 6) is 1.90. The highest BCUT2D eigenvalue weighted by molar-refractivity contribution is 5.94. The van der Waals surface area contributed by atoms with Crippen LogP contribution in [0, 0.1) is 0 Å². The molecule has 36 heavy (non-hydrogen) atoms. The number of anilines is 3. The van der Waals surface area contributed by atoms with Gasteiger partial charge in [-0.05, 0) is 37.8 Å². The summed E-state index contributed by atoms with van der Waals surface area (Å²) in [5.41, 5.74) is 0.649. The lowest BCUT2D eigenvalue weighted by atomic mass is 9.96. The van der Waals surface area contributed by atoms with E-state index in [2.05, 4.69) is 30.8 Å². The Morgan fingerprint density at radius 1 is 0.833 bits per heavy atom. The number of nitrogens with one attached hydrogen (secondary N) is 3. The third-order valence-corrected chi connectivity index (χ3v) is 6.42. The van der Waals surface area contributed by atoms with Crippen molar-refractivity contribution in [1.82, 2.24) is 20.3 Å². The van der Waals surface area contributed by atoms with E-state index in [0.717, 1.165) is 19.0 Å². The number of ether oxygens (including phenoxy) is 2. The highest BCUT2D eigenvalue weighted by Crippen LogP contribution is 2.23. The second kappa shape index (κ2) is 14.5. The minimum absolute atomic E-state index is 0.0927. The van der Waals surface area contributed by atoms with E-state index >= 15 is 0 Å². The topological polar surface area (TPSA) is 114 Å². The Morgan fingerprint density at radius 3 is 2.28 bits per heavy atom. The molecule has 2 aliphatic rings. The number of nitrogens with zero attached hydrogens (tertiary/aromatic N) is 4. The summed E-state index contributed by atoms with van der Waals surface area (Å²) in [4.78, 5) is 28.2. The highest BCUT2D eigenvalue weighted by atomic mass is 16.5. The zero-order valence-corrected chi connectivity index (χ0v) is 21.1. The molecular formula is C26H39N7O3. The molecule has 0 unspecified atom stereocenters. The number of hydrogen-bond donors (Lipinski definition) is 3. The fraction of sp³-hybridized carbons (Fsp3) is 0.615. The summed E-state index contributed by atoms with van der Waals surface area (Å²) in [7, 11) is 0. The molecule has 1 aromatic heterocycles. The van der Waals surface area contributed by atoms with Gasteiger partial charge in [0.1, 0.15) is 0 Å². The van der Waals surface area contributed by atoms with Crippen molar-refractivity contribution in [2.24, 2.45) is 0 Å². The Kier molecular flexibility index (Phi) is 10.5. The van der Waals surface area contributed by atoms with Crippen molar-refractivity contribution >= 4 is 23.8 Å². The van der Waals surface area contributed by atoms with Gasteiger partial charge in [0.15, 0.2) is 0 Å². The van der Waals surface area contributed by atoms with Crippen LogP contribution in [0.15, 0.2) is 30.3 Å². The van der Waals surface area contributed by atoms with E-state index in [1.165, 1.54) is 44.9 Å². The number of amides is 1. The number of carbonyl (C=O) groups is 1. The normalized spacial score (nSPS) is 16.2. The van der Waals surface area contributed by atoms with E-state index < -0.39 is 0 Å². The molecule has 0 atom stereocenters. The van der Waals surface area contributed by atoms with Crippen LogP contribution in [0.25, 0.3) is 0 Å². The molecule has 1 amide bonds. The molecule has 10 nitrogen and oxygen atoms in total. The Morgan fingerprint density at radius 2 is 1.53 bits per heavy atom. The average molecular weight is 498 g/mol. The van der Waals surface area contributed by atoms with Gasteiger partial charge >= 0.3 is 0 Å². The predicted octanol–water partition coefficient (Wildman–Crippen LogP) is 3.09. The lowest BCUT2D eigenvalue weighted by Crippen LogP contribution is -2.27. The van der Waals surface area contributed by atoms with Gasteiger partial charge < -0.3 is 30.3 Å². The van der Waals surface area contributed by atoms with Crippen molar-refractivity contribution in [2.75, 3.05) is 68.1 Å². The van der Waals surface area contributed by atoms with Gasteiger partial charge in [-0.25, -0.2) is 0 Å². The van der Waals surface area contributed by atoms with Gasteiger partial charge in [-0.1, -0.05) is 37.5 Å². The summed E-state index contributed by atoms with van der Waals surface area (Å²) in [6, 6.07) is 9.59. The van der Waals surface area contributed by atoms with Gasteiger partial charge in [-0.2, -0.15) is 15.0 Å². The van der Waals surface area contributed by atoms with E-state index in [-0.39, 0.29) is 5.91 Å². The van der Waals surface area contributed by atoms with E-state index in [0.29, 0.717) is 63.0 Å². The summed E-state index contributed by atoms with van der Waals surface area (Å²) >= 11 is 0. The summed E-state index contributed by atoms with van der Waals surface area (Å²) in [5, 5.41) is 9.66. The molecule has 1 saturated carbocycles. The van der Waals surface area contributed by atoms with Crippen LogP contribution in [0.1, 0.15) is 55.3 Å². The van der Waals surface area contributed by atoms with E-state index in [9.17, 15) is 4.79 Å². The Hall–Kier alpha value is -2.98. The summed E-state index contributed by atoms with van der Waals surface area (Å²) in [6.45, 7) is 4.97. The van der Waals surface area contributed by atoms with E-state index in [1.807, 2.05) is 18.2 Å². The Bertz CT molecular complexity index is 919. The molecule has 2 fully saturated rings. The van der Waals surface area contributed by atoms with Crippen LogP contribution in [0.2, 0.25) is 0 Å². The maximum atomic E-state index is 12.0. The van der Waals surface area contributed by atoms with Crippen LogP contribution < -0.4 is 20.9 Å². The smallest absolute Gasteiger partial charge is 0.251 e. The van der Waals surface area contributed by atoms with Crippen LogP contribution in [0.5, 0.6) is 0 Å². The first-order chi connectivity index (χ1) is 17.8. The van der Waals surface area contributed by atoms with Crippen LogP contribution in [-0.4, -0.2) is 79.5 Å². The average Bonchev–Trinajstić information content (AvgIpc) is 3.46. The number of aromatic nitrogens is 3. The molecule has 2 aromatic rings. The molecular weight excluding hydrogens is 458 g/mol. The number of carbonyl (C=O) groups excluding carboxylic acids is 1. The van der Waals surface area contributed by atoms with Crippen LogP contribution >= 0.6 is 0 Å². The van der Waals surface area contributed by atoms with Crippen LogP contribution in [0.4, 0.5) is 17.8 Å². The first-order valence-corrected chi connectivity index (χ1v) is 13.3. The zero-order valence-electron chi connectivity index (χ0n) is 21.1. The maximum absolute atomic E-state index is 12.0. The maximum Gasteiger partial charge on any atom is 0.251 e. The lowest BCUT2D eigenvalue weighted by molar-refractivity contribution is 0.0519. The van der Waals surface area contributed by atoms with Gasteiger partial charge in [0.2, 0.25) is 17.8 Å². The molecule has 1 aromatic carbocycles. The molecule has 2 heterocycles. The minimum Gasteiger partial charge on any atom is -0.377 e. The van der Waals surface area contributed by atoms with Gasteiger partial charge in [0.25, 0.3) is 5.91 Å². The fourth-order valence-corrected chi connectivity index (χ4v) is 4.48. The zero-order chi connectivity index (χ0) is 24.8. The molecule has 1 aliphatic carbocycles. The largest absolute Gasteiger partial charge is 0.377 e. The molecule has 1 saturated heterocycles. The minimum atomic E-state index is -0.0927. The molecule has 0 bridgehead atoms. The molecule has 4 rings (SSSR count). The number of hydrogen-bond acceptors (Lipinski definition) is 9. The Labute approximate surface area is 213 Å². The first kappa shape index (κ1) is 26.1. The van der Waals surface area contributed by atoms with Crippen molar-refractivity contribution < 1.29 is 14.3 Å². The third kappa shape index (κ3) is 8.60. The molecule has 196 valence electrons. The molecule has 1 aliphatic heterocycles. The van der Waals surface area contributed by atoms with E-state index in [4.69, 9.17) is 14.5 Å². The molecule has 3 N–H and O–H groups in total. The molecule has 0 radical (unpaired) electrons.